The second kappa shape index (κ2) is 9.71. The molecule has 1 fully saturated rings. The van der Waals surface area contributed by atoms with Gasteiger partial charge in [0.05, 0.1) is 0 Å². The van der Waals surface area contributed by atoms with Gasteiger partial charge in [0.1, 0.15) is 17.7 Å². The maximum atomic E-state index is 13.0. The molecule has 3 rings (SSSR count). The Labute approximate surface area is 179 Å². The van der Waals surface area contributed by atoms with Crippen LogP contribution in [0, 0.1) is 11.3 Å². The van der Waals surface area contributed by atoms with E-state index in [4.69, 9.17) is 4.74 Å². The summed E-state index contributed by atoms with van der Waals surface area (Å²) in [5.41, 5.74) is 2.55. The fraction of sp³-hybridized carbons (Fsp3) is 0.480. The van der Waals surface area contributed by atoms with E-state index in [9.17, 15) is 4.79 Å². The molecule has 1 saturated heterocycles. The second-order valence-corrected chi connectivity index (χ2v) is 10.4. The van der Waals surface area contributed by atoms with E-state index in [0.717, 1.165) is 35.6 Å². The van der Waals surface area contributed by atoms with Crippen LogP contribution in [-0.4, -0.2) is 23.1 Å². The number of rotatable bonds is 7. The van der Waals surface area contributed by atoms with Crippen molar-refractivity contribution in [2.75, 3.05) is 12.3 Å². The number of thioether (sulfide) groups is 1. The van der Waals surface area contributed by atoms with E-state index in [1.165, 1.54) is 0 Å². The van der Waals surface area contributed by atoms with Gasteiger partial charge in [-0.05, 0) is 41.0 Å². The third kappa shape index (κ3) is 6.53. The van der Waals surface area contributed by atoms with Gasteiger partial charge < -0.3 is 9.64 Å². The number of hydrogen-bond donors (Lipinski definition) is 0. The van der Waals surface area contributed by atoms with Crippen molar-refractivity contribution >= 4 is 17.7 Å². The lowest BCUT2D eigenvalue weighted by atomic mass is 9.84. The van der Waals surface area contributed by atoms with Gasteiger partial charge in [0.25, 0.3) is 0 Å². The molecule has 1 heterocycles. The molecule has 0 spiro atoms. The van der Waals surface area contributed by atoms with Crippen LogP contribution in [0.5, 0.6) is 5.75 Å². The molecule has 1 aliphatic heterocycles. The topological polar surface area (TPSA) is 29.5 Å². The predicted octanol–water partition coefficient (Wildman–Crippen LogP) is 6.30. The summed E-state index contributed by atoms with van der Waals surface area (Å²) in [6.07, 6.45) is 1.69. The summed E-state index contributed by atoms with van der Waals surface area (Å²) in [7, 11) is 0. The zero-order valence-electron chi connectivity index (χ0n) is 18.1. The van der Waals surface area contributed by atoms with Crippen LogP contribution in [0.25, 0.3) is 0 Å². The van der Waals surface area contributed by atoms with Gasteiger partial charge in [-0.2, -0.15) is 0 Å². The smallest absolute Gasteiger partial charge is 0.224 e. The molecule has 0 aromatic heterocycles. The fourth-order valence-electron chi connectivity index (χ4n) is 4.03. The van der Waals surface area contributed by atoms with Crippen LogP contribution >= 0.6 is 11.8 Å². The molecule has 0 unspecified atom stereocenters. The zero-order valence-corrected chi connectivity index (χ0v) is 18.9. The number of benzene rings is 2. The summed E-state index contributed by atoms with van der Waals surface area (Å²) in [5.74, 6) is 2.51. The highest BCUT2D eigenvalue weighted by Crippen LogP contribution is 2.40. The molecule has 0 aliphatic carbocycles. The zero-order chi connectivity index (χ0) is 20.9. The molecule has 0 radical (unpaired) electrons. The van der Waals surface area contributed by atoms with Crippen molar-refractivity contribution in [2.45, 2.75) is 52.5 Å². The Hall–Kier alpha value is -1.94. The molecule has 156 valence electrons. The van der Waals surface area contributed by atoms with Crippen molar-refractivity contribution in [1.29, 1.82) is 0 Å². The molecule has 4 heteroatoms. The third-order valence-electron chi connectivity index (χ3n) is 5.09. The maximum absolute atomic E-state index is 13.0. The second-order valence-electron chi connectivity index (χ2n) is 9.23. The third-order valence-corrected chi connectivity index (χ3v) is 6.35. The minimum absolute atomic E-state index is 0.0876. The molecule has 2 aromatic rings. The lowest BCUT2D eigenvalue weighted by molar-refractivity contribution is -0.132. The molecule has 0 saturated carbocycles. The predicted molar refractivity (Wildman–Crippen MR) is 122 cm³/mol. The number of carbonyl (C=O) groups is 1. The summed E-state index contributed by atoms with van der Waals surface area (Å²) in [4.78, 5) is 15.1. The quantitative estimate of drug-likeness (QED) is 0.535. The largest absolute Gasteiger partial charge is 0.489 e. The first-order chi connectivity index (χ1) is 13.8. The van der Waals surface area contributed by atoms with Gasteiger partial charge in [-0.15, -0.1) is 11.8 Å². The van der Waals surface area contributed by atoms with Crippen LogP contribution in [0.4, 0.5) is 0 Å². The van der Waals surface area contributed by atoms with Crippen LogP contribution in [0.15, 0.2) is 54.6 Å². The molecular weight excluding hydrogens is 378 g/mol. The van der Waals surface area contributed by atoms with E-state index in [1.807, 2.05) is 42.1 Å². The van der Waals surface area contributed by atoms with Crippen LogP contribution in [0.1, 0.15) is 57.0 Å². The Morgan fingerprint density at radius 1 is 1.17 bits per heavy atom. The summed E-state index contributed by atoms with van der Waals surface area (Å²) in [6.45, 7) is 10.3. The van der Waals surface area contributed by atoms with Crippen LogP contribution in [0.3, 0.4) is 0 Å². The number of hydrogen-bond acceptors (Lipinski definition) is 3. The van der Waals surface area contributed by atoms with E-state index in [0.29, 0.717) is 18.9 Å². The average molecular weight is 412 g/mol. The van der Waals surface area contributed by atoms with Crippen molar-refractivity contribution < 1.29 is 9.53 Å². The van der Waals surface area contributed by atoms with Gasteiger partial charge in [-0.3, -0.25) is 4.79 Å². The summed E-state index contributed by atoms with van der Waals surface area (Å²) in [6, 6.07) is 18.4. The highest BCUT2D eigenvalue weighted by Gasteiger charge is 2.31. The van der Waals surface area contributed by atoms with E-state index in [-0.39, 0.29) is 16.7 Å². The molecule has 0 N–H and O–H groups in total. The normalized spacial score (nSPS) is 17.9. The van der Waals surface area contributed by atoms with Gasteiger partial charge in [-0.1, -0.05) is 70.2 Å². The van der Waals surface area contributed by atoms with Crippen LogP contribution in [-0.2, 0) is 11.4 Å². The lowest BCUT2D eigenvalue weighted by Gasteiger charge is -2.28. The minimum atomic E-state index is 0.0876. The SMILES string of the molecule is C[C@@H](CC(=O)N1CCS[C@H]1c1cccc(OCc2ccccc2)c1)CC(C)(C)C. The molecule has 2 aromatic carbocycles. The highest BCUT2D eigenvalue weighted by molar-refractivity contribution is 7.99. The monoisotopic (exact) mass is 411 g/mol. The van der Waals surface area contributed by atoms with Gasteiger partial charge >= 0.3 is 0 Å². The van der Waals surface area contributed by atoms with Crippen molar-refractivity contribution in [3.63, 3.8) is 0 Å². The lowest BCUT2D eigenvalue weighted by Crippen LogP contribution is -2.32. The average Bonchev–Trinajstić information content (AvgIpc) is 3.16. The van der Waals surface area contributed by atoms with E-state index < -0.39 is 0 Å². The Morgan fingerprint density at radius 2 is 1.93 bits per heavy atom. The Bertz CT molecular complexity index is 800. The van der Waals surface area contributed by atoms with Crippen molar-refractivity contribution in [3.8, 4) is 5.75 Å². The van der Waals surface area contributed by atoms with Crippen LogP contribution < -0.4 is 4.74 Å². The molecule has 29 heavy (non-hydrogen) atoms. The first-order valence-corrected chi connectivity index (χ1v) is 11.5. The Kier molecular flexibility index (Phi) is 7.28. The molecule has 1 aliphatic rings. The molecule has 3 nitrogen and oxygen atoms in total. The van der Waals surface area contributed by atoms with Crippen molar-refractivity contribution in [2.24, 2.45) is 11.3 Å². The van der Waals surface area contributed by atoms with Crippen LogP contribution in [0.2, 0.25) is 0 Å². The van der Waals surface area contributed by atoms with Gasteiger partial charge in [0.15, 0.2) is 0 Å². The summed E-state index contributed by atoms with van der Waals surface area (Å²) >= 11 is 1.84. The van der Waals surface area contributed by atoms with E-state index >= 15 is 0 Å². The number of amides is 1. The first kappa shape index (κ1) is 21.8. The Balaban J connectivity index is 1.63. The van der Waals surface area contributed by atoms with Crippen molar-refractivity contribution in [3.05, 3.63) is 65.7 Å². The Morgan fingerprint density at radius 3 is 2.66 bits per heavy atom. The first-order valence-electron chi connectivity index (χ1n) is 10.5. The molecule has 2 atom stereocenters. The minimum Gasteiger partial charge on any atom is -0.489 e. The summed E-state index contributed by atoms with van der Waals surface area (Å²) in [5, 5.41) is 0.0876. The number of nitrogens with zero attached hydrogens (tertiary/aromatic N) is 1. The molecule has 1 amide bonds. The van der Waals surface area contributed by atoms with Gasteiger partial charge in [-0.25, -0.2) is 0 Å². The summed E-state index contributed by atoms with van der Waals surface area (Å²) < 4.78 is 5.99. The maximum Gasteiger partial charge on any atom is 0.224 e. The highest BCUT2D eigenvalue weighted by atomic mass is 32.2. The van der Waals surface area contributed by atoms with Gasteiger partial charge in [0.2, 0.25) is 5.91 Å². The molecule has 0 bridgehead atoms. The van der Waals surface area contributed by atoms with Crippen molar-refractivity contribution in [1.82, 2.24) is 4.90 Å². The fourth-order valence-corrected chi connectivity index (χ4v) is 5.30. The van der Waals surface area contributed by atoms with Gasteiger partial charge in [0, 0.05) is 18.7 Å². The van der Waals surface area contributed by atoms with E-state index in [1.54, 1.807) is 0 Å². The number of carbonyl (C=O) groups excluding carboxylic acids is 1. The number of ether oxygens (including phenoxy) is 1. The standard InChI is InChI=1S/C25H33NO2S/c1-19(17-25(2,3)4)15-23(27)26-13-14-29-24(26)21-11-8-12-22(16-21)28-18-20-9-6-5-7-10-20/h5-12,16,19,24H,13-15,17-18H2,1-4H3/t19-,24-/m0/s1. The molecular formula is C25H33NO2S. The van der Waals surface area contributed by atoms with E-state index in [2.05, 4.69) is 56.9 Å².